The van der Waals surface area contributed by atoms with Crippen molar-refractivity contribution < 1.29 is 5.11 Å². The summed E-state index contributed by atoms with van der Waals surface area (Å²) in [6.07, 6.45) is 4.85. The van der Waals surface area contributed by atoms with Crippen molar-refractivity contribution in [3.8, 4) is 0 Å². The van der Waals surface area contributed by atoms with Gasteiger partial charge in [-0.15, -0.1) is 0 Å². The van der Waals surface area contributed by atoms with Gasteiger partial charge >= 0.3 is 0 Å². The lowest BCUT2D eigenvalue weighted by Crippen LogP contribution is -2.02. The lowest BCUT2D eigenvalue weighted by atomic mass is 10.1. The van der Waals surface area contributed by atoms with Gasteiger partial charge in [-0.2, -0.15) is 0 Å². The molecule has 0 bridgehead atoms. The third-order valence-electron chi connectivity index (χ3n) is 1.52. The third-order valence-corrected chi connectivity index (χ3v) is 1.52. The minimum Gasteiger partial charge on any atom is -0.393 e. The summed E-state index contributed by atoms with van der Waals surface area (Å²) in [6.45, 7) is 6.17. The summed E-state index contributed by atoms with van der Waals surface area (Å²) >= 11 is 0. The second-order valence-corrected chi connectivity index (χ2v) is 2.92. The summed E-state index contributed by atoms with van der Waals surface area (Å²) < 4.78 is 0. The Balaban J connectivity index is 3.28. The van der Waals surface area contributed by atoms with Crippen LogP contribution in [0.15, 0.2) is 11.6 Å². The molecular formula is C9H18O. The molecule has 0 aliphatic heterocycles. The monoisotopic (exact) mass is 142 g/mol. The molecule has 0 heterocycles. The van der Waals surface area contributed by atoms with Gasteiger partial charge in [-0.25, -0.2) is 0 Å². The van der Waals surface area contributed by atoms with Gasteiger partial charge in [0, 0.05) is 0 Å². The zero-order chi connectivity index (χ0) is 7.98. The molecule has 1 nitrogen and oxygen atoms in total. The zero-order valence-corrected chi connectivity index (χ0v) is 7.22. The van der Waals surface area contributed by atoms with E-state index in [0.717, 1.165) is 19.3 Å². The molecule has 10 heavy (non-hydrogen) atoms. The Morgan fingerprint density at radius 1 is 1.50 bits per heavy atom. The minimum atomic E-state index is -0.101. The minimum absolute atomic E-state index is 0.101. The summed E-state index contributed by atoms with van der Waals surface area (Å²) in [5, 5.41) is 9.14. The smallest absolute Gasteiger partial charge is 0.0540 e. The van der Waals surface area contributed by atoms with Crippen LogP contribution in [0.5, 0.6) is 0 Å². The molecule has 0 saturated heterocycles. The fraction of sp³-hybridized carbons (Fsp3) is 0.778. The third kappa shape index (κ3) is 5.83. The van der Waals surface area contributed by atoms with Crippen molar-refractivity contribution in [1.82, 2.24) is 0 Å². The van der Waals surface area contributed by atoms with Crippen molar-refractivity contribution in [3.05, 3.63) is 11.6 Å². The summed E-state index contributed by atoms with van der Waals surface area (Å²) in [4.78, 5) is 0. The quantitative estimate of drug-likeness (QED) is 0.598. The molecule has 0 aliphatic carbocycles. The number of hydrogen-bond acceptors (Lipinski definition) is 1. The fourth-order valence-corrected chi connectivity index (χ4v) is 0.769. The van der Waals surface area contributed by atoms with Crippen molar-refractivity contribution in [2.45, 2.75) is 46.1 Å². The molecule has 0 amide bonds. The van der Waals surface area contributed by atoms with E-state index >= 15 is 0 Å². The van der Waals surface area contributed by atoms with Gasteiger partial charge in [0.15, 0.2) is 0 Å². The van der Waals surface area contributed by atoms with E-state index in [0.29, 0.717) is 0 Å². The average molecular weight is 142 g/mol. The Morgan fingerprint density at radius 3 is 2.50 bits per heavy atom. The topological polar surface area (TPSA) is 20.2 Å². The van der Waals surface area contributed by atoms with Gasteiger partial charge in [-0.1, -0.05) is 18.6 Å². The Morgan fingerprint density at radius 2 is 2.10 bits per heavy atom. The van der Waals surface area contributed by atoms with Crippen molar-refractivity contribution in [3.63, 3.8) is 0 Å². The fourth-order valence-electron chi connectivity index (χ4n) is 0.769. The number of hydrogen-bond donors (Lipinski definition) is 1. The van der Waals surface area contributed by atoms with E-state index in [2.05, 4.69) is 19.9 Å². The molecule has 0 aromatic carbocycles. The lowest BCUT2D eigenvalue weighted by molar-refractivity contribution is 0.161. The van der Waals surface area contributed by atoms with Gasteiger partial charge < -0.3 is 5.11 Å². The van der Waals surface area contributed by atoms with Crippen LogP contribution < -0.4 is 0 Å². The maximum atomic E-state index is 9.14. The van der Waals surface area contributed by atoms with Crippen molar-refractivity contribution in [2.24, 2.45) is 0 Å². The van der Waals surface area contributed by atoms with Crippen LogP contribution in [0.1, 0.15) is 40.0 Å². The Bertz CT molecular complexity index is 101. The number of aliphatic hydroxyl groups is 1. The van der Waals surface area contributed by atoms with Crippen molar-refractivity contribution >= 4 is 0 Å². The van der Waals surface area contributed by atoms with E-state index < -0.39 is 0 Å². The maximum absolute atomic E-state index is 9.14. The maximum Gasteiger partial charge on any atom is 0.0540 e. The van der Waals surface area contributed by atoms with Gasteiger partial charge in [0.05, 0.1) is 6.10 Å². The molecule has 0 aliphatic rings. The van der Waals surface area contributed by atoms with Gasteiger partial charge in [0.25, 0.3) is 0 Å². The molecule has 1 unspecified atom stereocenters. The van der Waals surface area contributed by atoms with Crippen LogP contribution in [0.2, 0.25) is 0 Å². The number of allylic oxidation sites excluding steroid dienone is 2. The van der Waals surface area contributed by atoms with Crippen LogP contribution in [0.3, 0.4) is 0 Å². The Hall–Kier alpha value is -0.300. The highest BCUT2D eigenvalue weighted by Crippen LogP contribution is 2.03. The van der Waals surface area contributed by atoms with E-state index in [1.54, 1.807) is 0 Å². The molecule has 1 atom stereocenters. The Labute approximate surface area is 63.8 Å². The predicted octanol–water partition coefficient (Wildman–Crippen LogP) is 2.50. The summed E-state index contributed by atoms with van der Waals surface area (Å²) in [5.74, 6) is 0. The number of rotatable bonds is 4. The number of aliphatic hydroxyl groups excluding tert-OH is 1. The second-order valence-electron chi connectivity index (χ2n) is 2.92. The molecule has 1 N–H and O–H groups in total. The normalized spacial score (nSPS) is 12.8. The first-order valence-corrected chi connectivity index (χ1v) is 3.98. The lowest BCUT2D eigenvalue weighted by Gasteiger charge is -2.03. The summed E-state index contributed by atoms with van der Waals surface area (Å²) in [5.41, 5.74) is 1.34. The highest BCUT2D eigenvalue weighted by atomic mass is 16.3. The molecule has 0 aromatic rings. The van der Waals surface area contributed by atoms with E-state index in [4.69, 9.17) is 5.11 Å². The summed E-state index contributed by atoms with van der Waals surface area (Å²) in [7, 11) is 0. The van der Waals surface area contributed by atoms with E-state index in [1.807, 2.05) is 6.92 Å². The molecule has 1 heteroatoms. The molecule has 0 saturated carbocycles. The highest BCUT2D eigenvalue weighted by molar-refractivity contribution is 4.92. The van der Waals surface area contributed by atoms with Crippen LogP contribution in [-0.2, 0) is 0 Å². The average Bonchev–Trinajstić information content (AvgIpc) is 1.87. The first-order valence-electron chi connectivity index (χ1n) is 3.98. The molecule has 0 spiro atoms. The van der Waals surface area contributed by atoms with Gasteiger partial charge in [-0.3, -0.25) is 0 Å². The van der Waals surface area contributed by atoms with Gasteiger partial charge in [-0.05, 0) is 33.1 Å². The van der Waals surface area contributed by atoms with Crippen LogP contribution >= 0.6 is 0 Å². The second kappa shape index (κ2) is 5.48. The van der Waals surface area contributed by atoms with Crippen molar-refractivity contribution in [2.75, 3.05) is 0 Å². The van der Waals surface area contributed by atoms with Crippen molar-refractivity contribution in [1.29, 1.82) is 0 Å². The predicted molar refractivity (Wildman–Crippen MR) is 45.0 cm³/mol. The Kier molecular flexibility index (Phi) is 5.32. The SMILES string of the molecule is CCC(O)CCC=C(C)C. The first-order chi connectivity index (χ1) is 4.66. The van der Waals surface area contributed by atoms with E-state index in [1.165, 1.54) is 5.57 Å². The highest BCUT2D eigenvalue weighted by Gasteiger charge is 1.96. The molecule has 0 rings (SSSR count). The van der Waals surface area contributed by atoms with Gasteiger partial charge in [0.2, 0.25) is 0 Å². The molecule has 0 aromatic heterocycles. The molecule has 0 radical (unpaired) electrons. The molecule has 0 fully saturated rings. The van der Waals surface area contributed by atoms with Crippen LogP contribution in [0, 0.1) is 0 Å². The molecular weight excluding hydrogens is 124 g/mol. The zero-order valence-electron chi connectivity index (χ0n) is 7.22. The summed E-state index contributed by atoms with van der Waals surface area (Å²) in [6, 6.07) is 0. The van der Waals surface area contributed by atoms with E-state index in [9.17, 15) is 0 Å². The van der Waals surface area contributed by atoms with Gasteiger partial charge in [0.1, 0.15) is 0 Å². The van der Waals surface area contributed by atoms with Crippen LogP contribution in [-0.4, -0.2) is 11.2 Å². The largest absolute Gasteiger partial charge is 0.393 e. The van der Waals surface area contributed by atoms with Crippen LogP contribution in [0.4, 0.5) is 0 Å². The standard InChI is InChI=1S/C9H18O/c1-4-9(10)7-5-6-8(2)3/h6,9-10H,4-5,7H2,1-3H3. The van der Waals surface area contributed by atoms with Crippen LogP contribution in [0.25, 0.3) is 0 Å². The molecule has 60 valence electrons. The van der Waals surface area contributed by atoms with E-state index in [-0.39, 0.29) is 6.10 Å². The first kappa shape index (κ1) is 9.70.